The molecule has 0 aliphatic carbocycles. The Kier molecular flexibility index (Phi) is 7.63. The van der Waals surface area contributed by atoms with Crippen LogP contribution in [0, 0.1) is 0 Å². The topological polar surface area (TPSA) is 79.1 Å². The van der Waals surface area contributed by atoms with Crippen molar-refractivity contribution >= 4 is 55.2 Å². The van der Waals surface area contributed by atoms with Gasteiger partial charge in [-0.3, -0.25) is 9.36 Å². The molecule has 182 valence electrons. The Morgan fingerprint density at radius 2 is 1.89 bits per heavy atom. The van der Waals surface area contributed by atoms with E-state index in [4.69, 9.17) is 14.2 Å². The molecule has 10 heteroatoms. The summed E-state index contributed by atoms with van der Waals surface area (Å²) in [4.78, 5) is 31.8. The SMILES string of the molecule is CCOC(=O)C1=C(C)N=c2s/c(=C\c3cc(Br)c(OC)c(OC)c3)c(=O)n2[C@H]1c1ccc(Br)cc1. The third kappa shape index (κ3) is 4.87. The molecular formula is C25H22Br2N2O5S. The zero-order chi connectivity index (χ0) is 25.3. The van der Waals surface area contributed by atoms with Gasteiger partial charge >= 0.3 is 5.97 Å². The van der Waals surface area contributed by atoms with Gasteiger partial charge < -0.3 is 14.2 Å². The summed E-state index contributed by atoms with van der Waals surface area (Å²) in [7, 11) is 3.12. The van der Waals surface area contributed by atoms with E-state index < -0.39 is 12.0 Å². The number of aromatic nitrogens is 1. The van der Waals surface area contributed by atoms with E-state index in [0.717, 1.165) is 15.6 Å². The van der Waals surface area contributed by atoms with Crippen LogP contribution in [-0.2, 0) is 9.53 Å². The van der Waals surface area contributed by atoms with Gasteiger partial charge in [0.15, 0.2) is 16.3 Å². The van der Waals surface area contributed by atoms with Crippen LogP contribution in [0.25, 0.3) is 6.08 Å². The van der Waals surface area contributed by atoms with E-state index in [1.165, 1.54) is 11.3 Å². The van der Waals surface area contributed by atoms with Crippen molar-refractivity contribution < 1.29 is 19.0 Å². The Morgan fingerprint density at radius 1 is 1.17 bits per heavy atom. The summed E-state index contributed by atoms with van der Waals surface area (Å²) in [5.74, 6) is 0.616. The first-order chi connectivity index (χ1) is 16.8. The molecule has 2 aromatic carbocycles. The molecule has 1 aliphatic heterocycles. The number of fused-ring (bicyclic) bond motifs is 1. The normalized spacial score (nSPS) is 15.5. The molecule has 35 heavy (non-hydrogen) atoms. The molecule has 1 aromatic heterocycles. The monoisotopic (exact) mass is 620 g/mol. The van der Waals surface area contributed by atoms with E-state index in [9.17, 15) is 9.59 Å². The van der Waals surface area contributed by atoms with Crippen molar-refractivity contribution in [2.75, 3.05) is 20.8 Å². The van der Waals surface area contributed by atoms with Gasteiger partial charge in [0.25, 0.3) is 5.56 Å². The Morgan fingerprint density at radius 3 is 2.51 bits per heavy atom. The third-order valence-corrected chi connectivity index (χ3v) is 7.56. The van der Waals surface area contributed by atoms with Crippen LogP contribution >= 0.6 is 43.2 Å². The predicted octanol–water partition coefficient (Wildman–Crippen LogP) is 4.34. The number of hydrogen-bond donors (Lipinski definition) is 0. The lowest BCUT2D eigenvalue weighted by Gasteiger charge is -2.24. The Bertz CT molecular complexity index is 1510. The van der Waals surface area contributed by atoms with Crippen LogP contribution in [0.15, 0.2) is 66.4 Å². The number of methoxy groups -OCH3 is 2. The molecule has 4 rings (SSSR count). The first kappa shape index (κ1) is 25.4. The van der Waals surface area contributed by atoms with Crippen LogP contribution in [0.4, 0.5) is 0 Å². The van der Waals surface area contributed by atoms with E-state index in [-0.39, 0.29) is 12.2 Å². The molecule has 7 nitrogen and oxygen atoms in total. The minimum Gasteiger partial charge on any atom is -0.493 e. The van der Waals surface area contributed by atoms with Gasteiger partial charge in [-0.2, -0.15) is 0 Å². The maximum absolute atomic E-state index is 13.7. The molecule has 0 spiro atoms. The zero-order valence-electron chi connectivity index (χ0n) is 19.4. The molecule has 0 fully saturated rings. The molecule has 0 saturated heterocycles. The van der Waals surface area contributed by atoms with Gasteiger partial charge in [0.05, 0.1) is 47.1 Å². The first-order valence-electron chi connectivity index (χ1n) is 10.7. The Balaban J connectivity index is 1.94. The second-order valence-electron chi connectivity index (χ2n) is 7.59. The van der Waals surface area contributed by atoms with E-state index in [1.807, 2.05) is 30.3 Å². The summed E-state index contributed by atoms with van der Waals surface area (Å²) in [6.07, 6.45) is 1.78. The highest BCUT2D eigenvalue weighted by molar-refractivity contribution is 9.10. The number of nitrogens with zero attached hydrogens (tertiary/aromatic N) is 2. The molecular weight excluding hydrogens is 600 g/mol. The van der Waals surface area contributed by atoms with E-state index in [2.05, 4.69) is 36.9 Å². The molecule has 0 unspecified atom stereocenters. The second-order valence-corrected chi connectivity index (χ2v) is 10.4. The summed E-state index contributed by atoms with van der Waals surface area (Å²) in [5, 5.41) is 0. The average molecular weight is 622 g/mol. The third-order valence-electron chi connectivity index (χ3n) is 5.46. The highest BCUT2D eigenvalue weighted by atomic mass is 79.9. The lowest BCUT2D eigenvalue weighted by atomic mass is 9.96. The molecule has 0 bridgehead atoms. The molecule has 3 aromatic rings. The lowest BCUT2D eigenvalue weighted by molar-refractivity contribution is -0.139. The summed E-state index contributed by atoms with van der Waals surface area (Å²) in [6.45, 7) is 3.74. The number of esters is 1. The highest BCUT2D eigenvalue weighted by Crippen LogP contribution is 2.36. The molecule has 0 radical (unpaired) electrons. The fourth-order valence-corrected chi connectivity index (χ4v) is 5.86. The van der Waals surface area contributed by atoms with E-state index in [1.54, 1.807) is 44.8 Å². The molecule has 0 saturated carbocycles. The van der Waals surface area contributed by atoms with Crippen LogP contribution in [0.5, 0.6) is 11.5 Å². The number of rotatable bonds is 6. The molecule has 2 heterocycles. The first-order valence-corrected chi connectivity index (χ1v) is 13.1. The largest absolute Gasteiger partial charge is 0.493 e. The van der Waals surface area contributed by atoms with Crippen LogP contribution in [-0.4, -0.2) is 31.4 Å². The molecule has 1 aliphatic rings. The maximum atomic E-state index is 13.7. The maximum Gasteiger partial charge on any atom is 0.338 e. The molecule has 0 N–H and O–H groups in total. The number of ether oxygens (including phenoxy) is 3. The number of carbonyl (C=O) groups excluding carboxylic acids is 1. The van der Waals surface area contributed by atoms with Crippen molar-refractivity contribution in [1.29, 1.82) is 0 Å². The van der Waals surface area contributed by atoms with Crippen molar-refractivity contribution in [1.82, 2.24) is 4.57 Å². The van der Waals surface area contributed by atoms with Gasteiger partial charge in [-0.05, 0) is 71.2 Å². The van der Waals surface area contributed by atoms with Gasteiger partial charge in [0.1, 0.15) is 0 Å². The van der Waals surface area contributed by atoms with Gasteiger partial charge in [0.2, 0.25) is 0 Å². The summed E-state index contributed by atoms with van der Waals surface area (Å²) in [6, 6.07) is 10.5. The van der Waals surface area contributed by atoms with Crippen LogP contribution in [0.2, 0.25) is 0 Å². The van der Waals surface area contributed by atoms with Gasteiger partial charge in [-0.15, -0.1) is 0 Å². The number of benzene rings is 2. The lowest BCUT2D eigenvalue weighted by Crippen LogP contribution is -2.39. The average Bonchev–Trinajstić information content (AvgIpc) is 3.12. The second kappa shape index (κ2) is 10.5. The van der Waals surface area contributed by atoms with Gasteiger partial charge in [-0.1, -0.05) is 39.4 Å². The highest BCUT2D eigenvalue weighted by Gasteiger charge is 2.33. The van der Waals surface area contributed by atoms with Gasteiger partial charge in [-0.25, -0.2) is 9.79 Å². The van der Waals surface area contributed by atoms with E-state index in [0.29, 0.717) is 36.6 Å². The number of halogens is 2. The fraction of sp³-hybridized carbons (Fsp3) is 0.240. The van der Waals surface area contributed by atoms with Crippen molar-refractivity contribution in [2.24, 2.45) is 4.99 Å². The molecule has 1 atom stereocenters. The minimum absolute atomic E-state index is 0.223. The minimum atomic E-state index is -0.655. The van der Waals surface area contributed by atoms with Crippen molar-refractivity contribution in [3.63, 3.8) is 0 Å². The smallest absolute Gasteiger partial charge is 0.338 e. The van der Waals surface area contributed by atoms with E-state index >= 15 is 0 Å². The number of thiazole rings is 1. The zero-order valence-corrected chi connectivity index (χ0v) is 23.4. The van der Waals surface area contributed by atoms with Crippen LogP contribution in [0.3, 0.4) is 0 Å². The number of carbonyl (C=O) groups is 1. The number of allylic oxidation sites excluding steroid dienone is 1. The van der Waals surface area contributed by atoms with Crippen LogP contribution < -0.4 is 24.4 Å². The van der Waals surface area contributed by atoms with Crippen molar-refractivity contribution in [2.45, 2.75) is 19.9 Å². The standard InChI is InChI=1S/C25H22Br2N2O5S/c1-5-34-24(31)20-13(2)28-25-29(21(20)15-6-8-16(26)9-7-15)23(30)19(35-25)12-14-10-17(27)22(33-4)18(11-14)32-3/h6-12,21H,5H2,1-4H3/b19-12-/t21-/m0/s1. The Hall–Kier alpha value is -2.69. The number of hydrogen-bond acceptors (Lipinski definition) is 7. The van der Waals surface area contributed by atoms with Gasteiger partial charge in [0, 0.05) is 4.47 Å². The molecule has 0 amide bonds. The van der Waals surface area contributed by atoms with Crippen LogP contribution in [0.1, 0.15) is 31.0 Å². The summed E-state index contributed by atoms with van der Waals surface area (Å²) < 4.78 is 19.8. The Labute approximate surface area is 222 Å². The summed E-state index contributed by atoms with van der Waals surface area (Å²) in [5.41, 5.74) is 2.16. The van der Waals surface area contributed by atoms with Crippen molar-refractivity contribution in [3.05, 3.63) is 87.4 Å². The summed E-state index contributed by atoms with van der Waals surface area (Å²) >= 11 is 8.21. The van der Waals surface area contributed by atoms with Crippen molar-refractivity contribution in [3.8, 4) is 11.5 Å². The fourth-order valence-electron chi connectivity index (χ4n) is 3.92. The quantitative estimate of drug-likeness (QED) is 0.383. The predicted molar refractivity (Wildman–Crippen MR) is 142 cm³/mol.